The normalized spacial score (nSPS) is 12.2. The van der Waals surface area contributed by atoms with Crippen LogP contribution in [-0.2, 0) is 4.84 Å². The van der Waals surface area contributed by atoms with Gasteiger partial charge in [-0.25, -0.2) is 0 Å². The molecule has 0 N–H and O–H groups in total. The number of halogens is 3. The molecule has 0 saturated heterocycles. The Hall–Kier alpha value is -3.23. The molecule has 6 nitrogen and oxygen atoms in total. The Balaban J connectivity index is 1.91. The minimum absolute atomic E-state index is 0.192. The maximum Gasteiger partial charge on any atom is 0.438 e. The number of rotatable bonds is 10. The van der Waals surface area contributed by atoms with Gasteiger partial charge in [0, 0.05) is 0 Å². The maximum absolute atomic E-state index is 13.0. The lowest BCUT2D eigenvalue weighted by atomic mass is 10.1. The Morgan fingerprint density at radius 3 is 2.26 bits per heavy atom. The number of aromatic nitrogens is 1. The molecule has 0 saturated carbocycles. The van der Waals surface area contributed by atoms with E-state index in [1.54, 1.807) is 0 Å². The molecule has 0 amide bonds. The third-order valence-corrected chi connectivity index (χ3v) is 4.04. The van der Waals surface area contributed by atoms with E-state index in [4.69, 9.17) is 14.2 Å². The third kappa shape index (κ3) is 7.20. The summed E-state index contributed by atoms with van der Waals surface area (Å²) < 4.78 is 55.8. The fourth-order valence-corrected chi connectivity index (χ4v) is 2.71. The van der Waals surface area contributed by atoms with E-state index in [2.05, 4.69) is 15.0 Å². The van der Waals surface area contributed by atoms with Gasteiger partial charge in [0.05, 0.1) is 11.9 Å². The Morgan fingerprint density at radius 1 is 1.03 bits per heavy atom. The molecule has 0 radical (unpaired) electrons. The highest BCUT2D eigenvalue weighted by Crippen LogP contribution is 2.28. The number of aryl methyl sites for hydroxylation is 2. The van der Waals surface area contributed by atoms with Gasteiger partial charge < -0.3 is 19.0 Å². The van der Waals surface area contributed by atoms with E-state index in [0.717, 1.165) is 29.7 Å². The van der Waals surface area contributed by atoms with Crippen LogP contribution in [0, 0.1) is 13.8 Å². The summed E-state index contributed by atoms with van der Waals surface area (Å²) in [4.78, 5) is 8.01. The van der Waals surface area contributed by atoms with Crippen molar-refractivity contribution in [2.45, 2.75) is 26.9 Å². The summed E-state index contributed by atoms with van der Waals surface area (Å²) in [7, 11) is 1.04. The standard InChI is InChI=1S/C22H25F3N2O4/c1-5-6-9-29-18-12-15(2)20(16(3)13-18)31-11-10-30-17-7-8-19(26-14-17)21(27-28-4)22(23,24)25/h5-8,12-14H,9-11H2,1-4H3/b6-5+,27-21-. The first-order valence-corrected chi connectivity index (χ1v) is 9.51. The molecule has 1 aromatic carbocycles. The maximum atomic E-state index is 13.0. The largest absolute Gasteiger partial charge is 0.490 e. The second kappa shape index (κ2) is 11.2. The summed E-state index contributed by atoms with van der Waals surface area (Å²) >= 11 is 0. The number of hydrogen-bond acceptors (Lipinski definition) is 6. The highest BCUT2D eigenvalue weighted by molar-refractivity contribution is 6.02. The third-order valence-electron chi connectivity index (χ3n) is 4.04. The van der Waals surface area contributed by atoms with Gasteiger partial charge in [-0.2, -0.15) is 13.2 Å². The van der Waals surface area contributed by atoms with Crippen molar-refractivity contribution in [3.63, 3.8) is 0 Å². The summed E-state index contributed by atoms with van der Waals surface area (Å²) in [6, 6.07) is 6.35. The topological polar surface area (TPSA) is 62.2 Å². The molecule has 0 aliphatic heterocycles. The van der Waals surface area contributed by atoms with Gasteiger partial charge in [0.25, 0.3) is 0 Å². The van der Waals surface area contributed by atoms with E-state index in [9.17, 15) is 13.2 Å². The van der Waals surface area contributed by atoms with Crippen molar-refractivity contribution in [2.24, 2.45) is 5.16 Å². The molecule has 0 aliphatic rings. The highest BCUT2D eigenvalue weighted by Gasteiger charge is 2.38. The van der Waals surface area contributed by atoms with Crippen LogP contribution in [0.1, 0.15) is 23.7 Å². The number of hydrogen-bond donors (Lipinski definition) is 0. The molecule has 0 fully saturated rings. The van der Waals surface area contributed by atoms with Gasteiger partial charge in [-0.3, -0.25) is 4.98 Å². The molecule has 1 heterocycles. The van der Waals surface area contributed by atoms with Gasteiger partial charge in [-0.15, -0.1) is 0 Å². The predicted octanol–water partition coefficient (Wildman–Crippen LogP) is 5.02. The lowest BCUT2D eigenvalue weighted by molar-refractivity contribution is -0.0609. The number of nitrogens with zero attached hydrogens (tertiary/aromatic N) is 2. The number of pyridine rings is 1. The number of allylic oxidation sites excluding steroid dienone is 1. The van der Waals surface area contributed by atoms with E-state index in [1.807, 2.05) is 45.1 Å². The van der Waals surface area contributed by atoms with Gasteiger partial charge in [-0.1, -0.05) is 17.3 Å². The smallest absolute Gasteiger partial charge is 0.438 e. The first-order valence-electron chi connectivity index (χ1n) is 9.51. The van der Waals surface area contributed by atoms with E-state index in [0.29, 0.717) is 12.4 Å². The molecule has 168 valence electrons. The van der Waals surface area contributed by atoms with Crippen LogP contribution in [-0.4, -0.2) is 43.8 Å². The van der Waals surface area contributed by atoms with Gasteiger partial charge in [0.2, 0.25) is 5.71 Å². The van der Waals surface area contributed by atoms with Gasteiger partial charge in [0.1, 0.15) is 44.2 Å². The SMILES string of the molecule is C/C=C/COc1cc(C)c(OCCOc2ccc(/C(=N/OC)C(F)(F)F)nc2)c(C)c1. The van der Waals surface area contributed by atoms with Crippen molar-refractivity contribution < 1.29 is 32.2 Å². The van der Waals surface area contributed by atoms with Crippen LogP contribution >= 0.6 is 0 Å². The van der Waals surface area contributed by atoms with Crippen molar-refractivity contribution in [3.8, 4) is 17.2 Å². The zero-order chi connectivity index (χ0) is 22.9. The molecule has 9 heteroatoms. The monoisotopic (exact) mass is 438 g/mol. The first-order chi connectivity index (χ1) is 14.8. The zero-order valence-corrected chi connectivity index (χ0v) is 17.8. The Bertz CT molecular complexity index is 887. The van der Waals surface area contributed by atoms with Crippen LogP contribution in [0.5, 0.6) is 17.2 Å². The van der Waals surface area contributed by atoms with Crippen molar-refractivity contribution in [3.05, 3.63) is 59.4 Å². The van der Waals surface area contributed by atoms with Crippen molar-refractivity contribution in [1.29, 1.82) is 0 Å². The van der Waals surface area contributed by atoms with Crippen LogP contribution in [0.3, 0.4) is 0 Å². The molecular formula is C22H25F3N2O4. The van der Waals surface area contributed by atoms with Crippen LogP contribution in [0.25, 0.3) is 0 Å². The van der Waals surface area contributed by atoms with E-state index in [-0.39, 0.29) is 18.9 Å². The zero-order valence-electron chi connectivity index (χ0n) is 17.8. The lowest BCUT2D eigenvalue weighted by Crippen LogP contribution is -2.25. The molecule has 2 rings (SSSR count). The first kappa shape index (κ1) is 24.0. The second-order valence-electron chi connectivity index (χ2n) is 6.46. The van der Waals surface area contributed by atoms with Crippen LogP contribution in [0.15, 0.2) is 47.8 Å². The number of ether oxygens (including phenoxy) is 3. The molecule has 2 aromatic rings. The molecule has 0 spiro atoms. The molecule has 0 bridgehead atoms. The van der Waals surface area contributed by atoms with E-state index >= 15 is 0 Å². The van der Waals surface area contributed by atoms with E-state index < -0.39 is 11.9 Å². The summed E-state index contributed by atoms with van der Waals surface area (Å²) in [5, 5.41) is 3.00. The van der Waals surface area contributed by atoms with Gasteiger partial charge in [-0.05, 0) is 56.2 Å². The molecule has 1 aromatic heterocycles. The lowest BCUT2D eigenvalue weighted by Gasteiger charge is -2.15. The number of alkyl halides is 3. The van der Waals surface area contributed by atoms with Gasteiger partial charge >= 0.3 is 6.18 Å². The molecular weight excluding hydrogens is 413 g/mol. The summed E-state index contributed by atoms with van der Waals surface area (Å²) in [5.41, 5.74) is 0.284. The Labute approximate surface area is 179 Å². The molecule has 31 heavy (non-hydrogen) atoms. The molecule has 0 atom stereocenters. The van der Waals surface area contributed by atoms with Crippen molar-refractivity contribution in [2.75, 3.05) is 26.9 Å². The summed E-state index contributed by atoms with van der Waals surface area (Å²) in [6.45, 7) is 6.72. The fraction of sp³-hybridized carbons (Fsp3) is 0.364. The minimum atomic E-state index is -4.68. The highest BCUT2D eigenvalue weighted by atomic mass is 19.4. The van der Waals surface area contributed by atoms with Crippen LogP contribution in [0.4, 0.5) is 13.2 Å². The number of oxime groups is 1. The van der Waals surface area contributed by atoms with E-state index in [1.165, 1.54) is 18.3 Å². The van der Waals surface area contributed by atoms with Crippen molar-refractivity contribution >= 4 is 5.71 Å². The summed E-state index contributed by atoms with van der Waals surface area (Å²) in [6.07, 6.45) is 0.354. The fourth-order valence-electron chi connectivity index (χ4n) is 2.71. The van der Waals surface area contributed by atoms with Crippen LogP contribution in [0.2, 0.25) is 0 Å². The average molecular weight is 438 g/mol. The second-order valence-corrected chi connectivity index (χ2v) is 6.46. The number of benzene rings is 1. The Morgan fingerprint density at radius 2 is 1.71 bits per heavy atom. The Kier molecular flexibility index (Phi) is 8.72. The molecule has 0 unspecified atom stereocenters. The summed E-state index contributed by atoms with van der Waals surface area (Å²) in [5.74, 6) is 1.81. The predicted molar refractivity (Wildman–Crippen MR) is 111 cm³/mol. The quantitative estimate of drug-likeness (QED) is 0.226. The van der Waals surface area contributed by atoms with Gasteiger partial charge in [0.15, 0.2) is 0 Å². The van der Waals surface area contributed by atoms with Crippen LogP contribution < -0.4 is 14.2 Å². The molecule has 0 aliphatic carbocycles. The van der Waals surface area contributed by atoms with Crippen molar-refractivity contribution in [1.82, 2.24) is 4.98 Å². The minimum Gasteiger partial charge on any atom is -0.490 e. The average Bonchev–Trinajstić information content (AvgIpc) is 2.71.